The molecule has 0 unspecified atom stereocenters. The third kappa shape index (κ3) is 4.39. The van der Waals surface area contributed by atoms with Gasteiger partial charge in [-0.15, -0.1) is 0 Å². The predicted molar refractivity (Wildman–Crippen MR) is 80.9 cm³/mol. The van der Waals surface area contributed by atoms with Crippen LogP contribution >= 0.6 is 0 Å². The van der Waals surface area contributed by atoms with Gasteiger partial charge in [-0.25, -0.2) is 0 Å². The number of amides is 1. The summed E-state index contributed by atoms with van der Waals surface area (Å²) in [4.78, 5) is 16.2. The van der Waals surface area contributed by atoms with Gasteiger partial charge in [0, 0.05) is 19.0 Å². The first-order chi connectivity index (χ1) is 10.1. The molecule has 2 N–H and O–H groups in total. The fourth-order valence-electron chi connectivity index (χ4n) is 1.87. The summed E-state index contributed by atoms with van der Waals surface area (Å²) in [7, 11) is 0. The molecule has 0 atom stereocenters. The van der Waals surface area contributed by atoms with Crippen LogP contribution in [0.15, 0.2) is 28.8 Å². The van der Waals surface area contributed by atoms with Gasteiger partial charge >= 0.3 is 0 Å². The van der Waals surface area contributed by atoms with Crippen LogP contribution in [0.5, 0.6) is 0 Å². The summed E-state index contributed by atoms with van der Waals surface area (Å²) in [6.45, 7) is 6.49. The number of carbonyl (C=O) groups excluding carboxylic acids is 1. The quantitative estimate of drug-likeness (QED) is 0.853. The van der Waals surface area contributed by atoms with E-state index in [9.17, 15) is 4.79 Å². The van der Waals surface area contributed by atoms with Crippen molar-refractivity contribution in [3.05, 3.63) is 30.1 Å². The molecule has 0 radical (unpaired) electrons. The van der Waals surface area contributed by atoms with E-state index < -0.39 is 0 Å². The highest BCUT2D eigenvalue weighted by molar-refractivity contribution is 5.94. The van der Waals surface area contributed by atoms with Gasteiger partial charge in [-0.2, -0.15) is 4.98 Å². The number of carbonyl (C=O) groups is 1. The molecular weight excluding hydrogens is 268 g/mol. The molecule has 112 valence electrons. The Morgan fingerprint density at radius 3 is 2.76 bits per heavy atom. The molecule has 0 bridgehead atoms. The Hall–Kier alpha value is -2.21. The van der Waals surface area contributed by atoms with Gasteiger partial charge in [-0.1, -0.05) is 31.1 Å². The lowest BCUT2D eigenvalue weighted by atomic mass is 10.1. The first-order valence-electron chi connectivity index (χ1n) is 6.99. The number of benzene rings is 1. The fraction of sp³-hybridized carbons (Fsp3) is 0.400. The monoisotopic (exact) mass is 288 g/mol. The largest absolute Gasteiger partial charge is 0.334 e. The van der Waals surface area contributed by atoms with Crippen molar-refractivity contribution in [3.8, 4) is 11.5 Å². The molecule has 0 saturated carbocycles. The lowest BCUT2D eigenvalue weighted by Gasteiger charge is -2.10. The maximum absolute atomic E-state index is 12.0. The Morgan fingerprint density at radius 1 is 1.33 bits per heavy atom. The molecule has 2 rings (SSSR count). The molecule has 6 heteroatoms. The second-order valence-electron chi connectivity index (χ2n) is 5.10. The molecule has 0 fully saturated rings. The minimum atomic E-state index is -0.0492. The van der Waals surface area contributed by atoms with E-state index in [2.05, 4.69) is 20.8 Å². The lowest BCUT2D eigenvalue weighted by Crippen LogP contribution is -2.27. The number of hydrogen-bond donors (Lipinski definition) is 2. The van der Waals surface area contributed by atoms with Gasteiger partial charge in [-0.05, 0) is 19.1 Å². The molecule has 1 aromatic carbocycles. The molecule has 21 heavy (non-hydrogen) atoms. The highest BCUT2D eigenvalue weighted by Crippen LogP contribution is 2.26. The average molecular weight is 288 g/mol. The zero-order chi connectivity index (χ0) is 15.2. The van der Waals surface area contributed by atoms with E-state index in [0.717, 1.165) is 5.56 Å². The van der Waals surface area contributed by atoms with Crippen molar-refractivity contribution in [1.82, 2.24) is 15.5 Å². The molecule has 2 aromatic rings. The van der Waals surface area contributed by atoms with Crippen LogP contribution in [0.2, 0.25) is 0 Å². The van der Waals surface area contributed by atoms with Crippen molar-refractivity contribution >= 4 is 11.6 Å². The van der Waals surface area contributed by atoms with Gasteiger partial charge in [0.1, 0.15) is 0 Å². The molecule has 0 spiro atoms. The summed E-state index contributed by atoms with van der Waals surface area (Å²) in [6, 6.07) is 7.75. The second-order valence-corrected chi connectivity index (χ2v) is 5.10. The van der Waals surface area contributed by atoms with E-state index in [1.807, 2.05) is 38.1 Å². The van der Waals surface area contributed by atoms with Crippen LogP contribution in [0.25, 0.3) is 11.5 Å². The smallest absolute Gasteiger partial charge is 0.260 e. The van der Waals surface area contributed by atoms with Crippen molar-refractivity contribution in [2.45, 2.75) is 33.2 Å². The second kappa shape index (κ2) is 6.99. The van der Waals surface area contributed by atoms with Crippen LogP contribution in [0.1, 0.15) is 26.1 Å². The summed E-state index contributed by atoms with van der Waals surface area (Å²) >= 11 is 0. The van der Waals surface area contributed by atoms with Crippen molar-refractivity contribution < 1.29 is 9.32 Å². The van der Waals surface area contributed by atoms with E-state index in [4.69, 9.17) is 4.52 Å². The van der Waals surface area contributed by atoms with Crippen LogP contribution in [0.4, 0.5) is 5.69 Å². The van der Waals surface area contributed by atoms with Crippen molar-refractivity contribution in [1.29, 1.82) is 0 Å². The topological polar surface area (TPSA) is 80.0 Å². The van der Waals surface area contributed by atoms with E-state index in [0.29, 0.717) is 36.4 Å². The number of para-hydroxylation sites is 1. The van der Waals surface area contributed by atoms with E-state index in [-0.39, 0.29) is 5.91 Å². The Morgan fingerprint density at radius 2 is 2.10 bits per heavy atom. The normalized spacial score (nSPS) is 10.9. The summed E-state index contributed by atoms with van der Waals surface area (Å²) in [5.41, 5.74) is 1.40. The van der Waals surface area contributed by atoms with Gasteiger partial charge in [0.2, 0.25) is 5.91 Å². The van der Waals surface area contributed by atoms with Crippen LogP contribution in [-0.4, -0.2) is 28.6 Å². The fourth-order valence-corrected chi connectivity index (χ4v) is 1.87. The first-order valence-corrected chi connectivity index (χ1v) is 6.99. The average Bonchev–Trinajstić information content (AvgIpc) is 2.85. The first kappa shape index (κ1) is 15.2. The zero-order valence-electron chi connectivity index (χ0n) is 12.5. The highest BCUT2D eigenvalue weighted by atomic mass is 16.5. The van der Waals surface area contributed by atoms with Gasteiger partial charge < -0.3 is 15.2 Å². The SMILES string of the molecule is Cc1noc(-c2ccccc2NC(=O)CCNC(C)C)n1. The lowest BCUT2D eigenvalue weighted by molar-refractivity contribution is -0.116. The number of anilines is 1. The van der Waals surface area contributed by atoms with Gasteiger partial charge in [0.25, 0.3) is 5.89 Å². The molecule has 0 aliphatic carbocycles. The summed E-state index contributed by atoms with van der Waals surface area (Å²) in [6.07, 6.45) is 0.412. The molecule has 0 aliphatic rings. The number of aryl methyl sites for hydroxylation is 1. The van der Waals surface area contributed by atoms with Crippen molar-refractivity contribution in [3.63, 3.8) is 0 Å². The Labute approximate surface area is 123 Å². The number of aromatic nitrogens is 2. The Kier molecular flexibility index (Phi) is 5.05. The van der Waals surface area contributed by atoms with Crippen LogP contribution in [0.3, 0.4) is 0 Å². The van der Waals surface area contributed by atoms with Crippen LogP contribution < -0.4 is 10.6 Å². The molecule has 1 amide bonds. The summed E-state index contributed by atoms with van der Waals surface area (Å²) < 4.78 is 5.16. The summed E-state index contributed by atoms with van der Waals surface area (Å²) in [5, 5.41) is 9.87. The maximum atomic E-state index is 12.0. The highest BCUT2D eigenvalue weighted by Gasteiger charge is 2.13. The Balaban J connectivity index is 2.05. The number of rotatable bonds is 6. The number of nitrogens with one attached hydrogen (secondary N) is 2. The third-order valence-corrected chi connectivity index (χ3v) is 2.86. The molecule has 6 nitrogen and oxygen atoms in total. The van der Waals surface area contributed by atoms with Gasteiger partial charge in [-0.3, -0.25) is 4.79 Å². The van der Waals surface area contributed by atoms with E-state index >= 15 is 0 Å². The maximum Gasteiger partial charge on any atom is 0.260 e. The van der Waals surface area contributed by atoms with Crippen LogP contribution in [0, 0.1) is 6.92 Å². The minimum Gasteiger partial charge on any atom is -0.334 e. The minimum absolute atomic E-state index is 0.0492. The van der Waals surface area contributed by atoms with Gasteiger partial charge in [0.15, 0.2) is 5.82 Å². The standard InChI is InChI=1S/C15H20N4O2/c1-10(2)16-9-8-14(20)18-13-7-5-4-6-12(13)15-17-11(3)19-21-15/h4-7,10,16H,8-9H2,1-3H3,(H,18,20). The molecule has 1 heterocycles. The van der Waals surface area contributed by atoms with Crippen molar-refractivity contribution in [2.75, 3.05) is 11.9 Å². The molecular formula is C15H20N4O2. The van der Waals surface area contributed by atoms with Gasteiger partial charge in [0.05, 0.1) is 11.3 Å². The van der Waals surface area contributed by atoms with Crippen molar-refractivity contribution in [2.24, 2.45) is 0 Å². The van der Waals surface area contributed by atoms with E-state index in [1.54, 1.807) is 6.92 Å². The summed E-state index contributed by atoms with van der Waals surface area (Å²) in [5.74, 6) is 0.919. The molecule has 0 aliphatic heterocycles. The predicted octanol–water partition coefficient (Wildman–Crippen LogP) is 2.37. The number of nitrogens with zero attached hydrogens (tertiary/aromatic N) is 2. The Bertz CT molecular complexity index is 607. The zero-order valence-corrected chi connectivity index (χ0v) is 12.5. The number of hydrogen-bond acceptors (Lipinski definition) is 5. The molecule has 1 aromatic heterocycles. The van der Waals surface area contributed by atoms with E-state index in [1.165, 1.54) is 0 Å². The van der Waals surface area contributed by atoms with Crippen LogP contribution in [-0.2, 0) is 4.79 Å². The third-order valence-electron chi connectivity index (χ3n) is 2.86. The molecule has 0 saturated heterocycles.